The fourth-order valence-corrected chi connectivity index (χ4v) is 2.28. The maximum atomic E-state index is 11.6. The standard InChI is InChI=1S/C12H17N5OS/c1-8-9(2)16-12(17-11(8)18)14-3-4-19-6-10-5-13-7-15-10/h5,7H,3-4,6H2,1-2H3,(H,13,15)(H2,14,16,17,18). The maximum absolute atomic E-state index is 11.6. The fraction of sp³-hybridized carbons (Fsp3) is 0.417. The van der Waals surface area contributed by atoms with E-state index < -0.39 is 0 Å². The number of thioether (sulfide) groups is 1. The fourth-order valence-electron chi connectivity index (χ4n) is 1.52. The summed E-state index contributed by atoms with van der Waals surface area (Å²) in [6.45, 7) is 4.36. The van der Waals surface area contributed by atoms with Gasteiger partial charge in [-0.2, -0.15) is 11.8 Å². The van der Waals surface area contributed by atoms with Crippen LogP contribution in [0.2, 0.25) is 0 Å². The first-order valence-corrected chi connectivity index (χ1v) is 7.18. The molecule has 0 unspecified atom stereocenters. The number of hydrogen-bond acceptors (Lipinski definition) is 5. The molecule has 0 saturated carbocycles. The van der Waals surface area contributed by atoms with Crippen molar-refractivity contribution in [3.8, 4) is 0 Å². The van der Waals surface area contributed by atoms with Crippen molar-refractivity contribution in [1.29, 1.82) is 0 Å². The number of rotatable bonds is 6. The van der Waals surface area contributed by atoms with Crippen LogP contribution in [0.4, 0.5) is 5.95 Å². The van der Waals surface area contributed by atoms with E-state index in [9.17, 15) is 4.79 Å². The number of nitrogens with zero attached hydrogens (tertiary/aromatic N) is 2. The number of nitrogens with one attached hydrogen (secondary N) is 3. The second-order valence-corrected chi connectivity index (χ2v) is 5.29. The molecule has 0 bridgehead atoms. The Morgan fingerprint density at radius 1 is 1.42 bits per heavy atom. The van der Waals surface area contributed by atoms with Crippen LogP contribution in [0.15, 0.2) is 17.3 Å². The zero-order valence-corrected chi connectivity index (χ0v) is 11.8. The van der Waals surface area contributed by atoms with E-state index in [-0.39, 0.29) is 5.56 Å². The molecule has 0 aliphatic heterocycles. The van der Waals surface area contributed by atoms with Gasteiger partial charge in [-0.15, -0.1) is 0 Å². The number of aromatic nitrogens is 4. The van der Waals surface area contributed by atoms with Gasteiger partial charge in [0.1, 0.15) is 0 Å². The topological polar surface area (TPSA) is 86.5 Å². The van der Waals surface area contributed by atoms with Gasteiger partial charge in [-0.1, -0.05) is 0 Å². The molecule has 7 heteroatoms. The third kappa shape index (κ3) is 3.85. The number of hydrogen-bond donors (Lipinski definition) is 3. The Kier molecular flexibility index (Phi) is 4.62. The minimum absolute atomic E-state index is 0.0832. The van der Waals surface area contributed by atoms with E-state index in [1.165, 1.54) is 0 Å². The lowest BCUT2D eigenvalue weighted by Crippen LogP contribution is -2.18. The quantitative estimate of drug-likeness (QED) is 0.697. The van der Waals surface area contributed by atoms with Crippen molar-refractivity contribution in [3.05, 3.63) is 39.8 Å². The SMILES string of the molecule is Cc1nc(NCCSCc2cnc[nH]2)[nH]c(=O)c1C. The molecule has 2 rings (SSSR count). The summed E-state index contributed by atoms with van der Waals surface area (Å²) in [7, 11) is 0. The average Bonchev–Trinajstić information content (AvgIpc) is 2.88. The Morgan fingerprint density at radius 3 is 2.95 bits per heavy atom. The molecule has 0 fully saturated rings. The smallest absolute Gasteiger partial charge is 0.255 e. The van der Waals surface area contributed by atoms with Crippen LogP contribution >= 0.6 is 11.8 Å². The summed E-state index contributed by atoms with van der Waals surface area (Å²) in [5.74, 6) is 2.36. The van der Waals surface area contributed by atoms with Crippen LogP contribution < -0.4 is 10.9 Å². The predicted octanol–water partition coefficient (Wildman–Crippen LogP) is 1.46. The Labute approximate surface area is 115 Å². The van der Waals surface area contributed by atoms with Gasteiger partial charge in [-0.05, 0) is 13.8 Å². The van der Waals surface area contributed by atoms with Gasteiger partial charge in [-0.25, -0.2) is 9.97 Å². The molecular formula is C12H17N5OS. The molecular weight excluding hydrogens is 262 g/mol. The van der Waals surface area contributed by atoms with E-state index in [0.29, 0.717) is 11.5 Å². The highest BCUT2D eigenvalue weighted by atomic mass is 32.2. The number of H-pyrrole nitrogens is 2. The summed E-state index contributed by atoms with van der Waals surface area (Å²) in [6, 6.07) is 0. The molecule has 19 heavy (non-hydrogen) atoms. The van der Waals surface area contributed by atoms with Crippen LogP contribution in [-0.2, 0) is 5.75 Å². The monoisotopic (exact) mass is 279 g/mol. The highest BCUT2D eigenvalue weighted by molar-refractivity contribution is 7.98. The van der Waals surface area contributed by atoms with Crippen molar-refractivity contribution in [2.75, 3.05) is 17.6 Å². The van der Waals surface area contributed by atoms with Crippen molar-refractivity contribution in [2.24, 2.45) is 0 Å². The average molecular weight is 279 g/mol. The summed E-state index contributed by atoms with van der Waals surface area (Å²) in [6.07, 6.45) is 3.50. The van der Waals surface area contributed by atoms with Crippen LogP contribution in [0.1, 0.15) is 17.0 Å². The molecule has 2 heterocycles. The van der Waals surface area contributed by atoms with Gasteiger partial charge < -0.3 is 10.3 Å². The lowest BCUT2D eigenvalue weighted by molar-refractivity contribution is 1.000. The summed E-state index contributed by atoms with van der Waals surface area (Å²) in [4.78, 5) is 25.6. The van der Waals surface area contributed by atoms with Crippen LogP contribution in [-0.4, -0.2) is 32.2 Å². The first kappa shape index (κ1) is 13.7. The molecule has 0 spiro atoms. The van der Waals surface area contributed by atoms with Crippen molar-refractivity contribution < 1.29 is 0 Å². The third-order valence-electron chi connectivity index (χ3n) is 2.75. The molecule has 0 aromatic carbocycles. The molecule has 2 aromatic rings. The second-order valence-electron chi connectivity index (χ2n) is 4.18. The van der Waals surface area contributed by atoms with Gasteiger partial charge in [-0.3, -0.25) is 9.78 Å². The Hall–Kier alpha value is -1.76. The lowest BCUT2D eigenvalue weighted by atomic mass is 10.3. The molecule has 3 N–H and O–H groups in total. The molecule has 0 atom stereocenters. The van der Waals surface area contributed by atoms with Crippen molar-refractivity contribution in [2.45, 2.75) is 19.6 Å². The van der Waals surface area contributed by atoms with E-state index in [0.717, 1.165) is 29.4 Å². The molecule has 0 radical (unpaired) electrons. The first-order valence-electron chi connectivity index (χ1n) is 6.03. The number of aromatic amines is 2. The largest absolute Gasteiger partial charge is 0.355 e. The van der Waals surface area contributed by atoms with E-state index in [2.05, 4.69) is 25.3 Å². The van der Waals surface area contributed by atoms with Crippen molar-refractivity contribution >= 4 is 17.7 Å². The van der Waals surface area contributed by atoms with Crippen LogP contribution in [0.25, 0.3) is 0 Å². The predicted molar refractivity (Wildman–Crippen MR) is 77.6 cm³/mol. The highest BCUT2D eigenvalue weighted by Gasteiger charge is 2.02. The van der Waals surface area contributed by atoms with Gasteiger partial charge in [0.2, 0.25) is 5.95 Å². The van der Waals surface area contributed by atoms with Gasteiger partial charge in [0.15, 0.2) is 0 Å². The molecule has 6 nitrogen and oxygen atoms in total. The second kappa shape index (κ2) is 6.42. The number of anilines is 1. The van der Waals surface area contributed by atoms with Crippen molar-refractivity contribution in [1.82, 2.24) is 19.9 Å². The summed E-state index contributed by atoms with van der Waals surface area (Å²) < 4.78 is 0. The molecule has 0 saturated heterocycles. The van der Waals surface area contributed by atoms with E-state index >= 15 is 0 Å². The first-order chi connectivity index (χ1) is 9.16. The van der Waals surface area contributed by atoms with E-state index in [1.54, 1.807) is 25.0 Å². The zero-order valence-electron chi connectivity index (χ0n) is 11.0. The van der Waals surface area contributed by atoms with Gasteiger partial charge in [0, 0.05) is 41.2 Å². The van der Waals surface area contributed by atoms with Crippen LogP contribution in [0.5, 0.6) is 0 Å². The minimum atomic E-state index is -0.0832. The summed E-state index contributed by atoms with van der Waals surface area (Å²) in [5.41, 5.74) is 2.46. The van der Waals surface area contributed by atoms with Gasteiger partial charge in [0.05, 0.1) is 6.33 Å². The van der Waals surface area contributed by atoms with Gasteiger partial charge >= 0.3 is 0 Å². The lowest BCUT2D eigenvalue weighted by Gasteiger charge is -2.06. The molecule has 102 valence electrons. The third-order valence-corrected chi connectivity index (χ3v) is 3.75. The number of aryl methyl sites for hydroxylation is 1. The molecule has 2 aromatic heterocycles. The van der Waals surface area contributed by atoms with Crippen molar-refractivity contribution in [3.63, 3.8) is 0 Å². The zero-order chi connectivity index (χ0) is 13.7. The van der Waals surface area contributed by atoms with Crippen LogP contribution in [0.3, 0.4) is 0 Å². The number of imidazole rings is 1. The van der Waals surface area contributed by atoms with E-state index in [4.69, 9.17) is 0 Å². The Balaban J connectivity index is 1.75. The maximum Gasteiger partial charge on any atom is 0.255 e. The Morgan fingerprint density at radius 2 is 2.26 bits per heavy atom. The summed E-state index contributed by atoms with van der Waals surface area (Å²) in [5, 5.41) is 3.12. The molecule has 0 aliphatic rings. The molecule has 0 amide bonds. The summed E-state index contributed by atoms with van der Waals surface area (Å²) >= 11 is 1.79. The van der Waals surface area contributed by atoms with Gasteiger partial charge in [0.25, 0.3) is 5.56 Å². The normalized spacial score (nSPS) is 10.6. The van der Waals surface area contributed by atoms with E-state index in [1.807, 2.05) is 13.1 Å². The van der Waals surface area contributed by atoms with Crippen LogP contribution in [0, 0.1) is 13.8 Å². The Bertz CT molecular complexity index is 578. The minimum Gasteiger partial charge on any atom is -0.355 e. The molecule has 0 aliphatic carbocycles. The highest BCUT2D eigenvalue weighted by Crippen LogP contribution is 2.08.